The number of benzene rings is 5. The summed E-state index contributed by atoms with van der Waals surface area (Å²) in [5.41, 5.74) is 14.9. The Bertz CT molecular complexity index is 2120. The van der Waals surface area contributed by atoms with Crippen LogP contribution in [0.3, 0.4) is 0 Å². The van der Waals surface area contributed by atoms with Crippen LogP contribution in [-0.4, -0.2) is 14.1 Å². The van der Waals surface area contributed by atoms with Gasteiger partial charge in [-0.05, 0) is 71.0 Å². The summed E-state index contributed by atoms with van der Waals surface area (Å²) in [7, 11) is 2.22. The van der Waals surface area contributed by atoms with Gasteiger partial charge in [0, 0.05) is 29.9 Å². The summed E-state index contributed by atoms with van der Waals surface area (Å²) in [5.74, 6) is 2.65. The number of imidazole rings is 2. The molecule has 1 aliphatic rings. The van der Waals surface area contributed by atoms with Crippen LogP contribution in [0.15, 0.2) is 122 Å². The van der Waals surface area contributed by atoms with Crippen molar-refractivity contribution in [2.45, 2.75) is 33.1 Å². The molecule has 4 nitrogen and oxygen atoms in total. The number of rotatable bonds is 5. The molecule has 0 aliphatic carbocycles. The Morgan fingerprint density at radius 2 is 1.41 bits per heavy atom. The van der Waals surface area contributed by atoms with Gasteiger partial charge in [-0.25, -0.2) is 9.55 Å². The second-order valence-corrected chi connectivity index (χ2v) is 12.2. The van der Waals surface area contributed by atoms with E-state index in [-0.39, 0.29) is 0 Å². The van der Waals surface area contributed by atoms with E-state index in [9.17, 15) is 0 Å². The van der Waals surface area contributed by atoms with Gasteiger partial charge in [0.1, 0.15) is 11.5 Å². The highest BCUT2D eigenvalue weighted by Gasteiger charge is 2.35. The molecular weight excluding hydrogens is 536 g/mol. The average molecular weight is 572 g/mol. The molecule has 0 amide bonds. The van der Waals surface area contributed by atoms with Crippen molar-refractivity contribution >= 4 is 11.0 Å². The van der Waals surface area contributed by atoms with Crippen LogP contribution >= 0.6 is 0 Å². The van der Waals surface area contributed by atoms with Crippen LogP contribution in [0.1, 0.15) is 42.3 Å². The number of para-hydroxylation sites is 2. The number of nitrogens with zero attached hydrogens (tertiary/aromatic N) is 4. The van der Waals surface area contributed by atoms with Gasteiger partial charge in [0.2, 0.25) is 0 Å². The molecule has 0 fully saturated rings. The zero-order valence-corrected chi connectivity index (χ0v) is 25.6. The summed E-state index contributed by atoms with van der Waals surface area (Å²) in [5, 5.41) is 0. The lowest BCUT2D eigenvalue weighted by atomic mass is 9.89. The molecule has 2 aromatic heterocycles. The lowest BCUT2D eigenvalue weighted by Crippen LogP contribution is -2.31. The van der Waals surface area contributed by atoms with Crippen molar-refractivity contribution in [2.24, 2.45) is 7.05 Å². The topological polar surface area (TPSA) is 26.6 Å². The van der Waals surface area contributed by atoms with E-state index in [0.717, 1.165) is 12.2 Å². The standard InChI is InChI=1S/C40H35N4/c1-26(2)30-23-31(28-13-7-5-8-14-28)39(32(24-30)29-15-9-6-10-16-29)44-36-18-12-11-17-35(36)42(4)40(44)38-27(3)19-20-34-33(38)25-37-41-21-22-43(34)37/h5-24,26H,25H2,1-4H3/q+1. The van der Waals surface area contributed by atoms with Crippen LogP contribution in [0, 0.1) is 6.92 Å². The SMILES string of the molecule is Cc1ccc2c(c1-c1n(-c3c(-c4ccccc4)cc(C(C)C)cc3-c3ccccc3)c3ccccc3[n+]1C)Cc1nccn1-2. The number of fused-ring (bicyclic) bond motifs is 4. The van der Waals surface area contributed by atoms with Crippen molar-refractivity contribution in [1.29, 1.82) is 0 Å². The van der Waals surface area contributed by atoms with Crippen LogP contribution in [0.5, 0.6) is 0 Å². The molecule has 0 spiro atoms. The molecule has 0 unspecified atom stereocenters. The first-order valence-corrected chi connectivity index (χ1v) is 15.5. The van der Waals surface area contributed by atoms with Crippen LogP contribution < -0.4 is 4.57 Å². The van der Waals surface area contributed by atoms with Crippen LogP contribution in [0.2, 0.25) is 0 Å². The van der Waals surface area contributed by atoms with E-state index in [2.05, 4.69) is 157 Å². The normalized spacial score (nSPS) is 12.2. The molecule has 44 heavy (non-hydrogen) atoms. The number of aryl methyl sites for hydroxylation is 2. The minimum atomic E-state index is 0.382. The predicted octanol–water partition coefficient (Wildman–Crippen LogP) is 8.98. The summed E-state index contributed by atoms with van der Waals surface area (Å²) >= 11 is 0. The van der Waals surface area contributed by atoms with E-state index in [1.165, 1.54) is 72.7 Å². The molecule has 1 aliphatic heterocycles. The molecule has 214 valence electrons. The second kappa shape index (κ2) is 10.2. The lowest BCUT2D eigenvalue weighted by molar-refractivity contribution is -0.633. The third-order valence-corrected chi connectivity index (χ3v) is 9.24. The molecule has 4 heteroatoms. The van der Waals surface area contributed by atoms with Crippen LogP contribution in [-0.2, 0) is 13.5 Å². The maximum atomic E-state index is 4.70. The quantitative estimate of drug-likeness (QED) is 0.189. The average Bonchev–Trinajstić information content (AvgIpc) is 3.73. The zero-order valence-electron chi connectivity index (χ0n) is 25.6. The van der Waals surface area contributed by atoms with Crippen molar-refractivity contribution < 1.29 is 4.57 Å². The minimum Gasteiger partial charge on any atom is -0.303 e. The van der Waals surface area contributed by atoms with E-state index >= 15 is 0 Å². The van der Waals surface area contributed by atoms with Crippen LogP contribution in [0.4, 0.5) is 0 Å². The molecule has 0 N–H and O–H groups in total. The highest BCUT2D eigenvalue weighted by molar-refractivity contribution is 5.92. The fourth-order valence-corrected chi connectivity index (χ4v) is 7.04. The van der Waals surface area contributed by atoms with E-state index in [1.807, 2.05) is 6.20 Å². The number of aromatic nitrogens is 4. The van der Waals surface area contributed by atoms with Crippen molar-refractivity contribution in [1.82, 2.24) is 14.1 Å². The highest BCUT2D eigenvalue weighted by Crippen LogP contribution is 2.44. The van der Waals surface area contributed by atoms with Crippen molar-refractivity contribution in [3.63, 3.8) is 0 Å². The van der Waals surface area contributed by atoms with E-state index in [4.69, 9.17) is 4.98 Å². The first kappa shape index (κ1) is 26.4. The van der Waals surface area contributed by atoms with Gasteiger partial charge in [0.05, 0.1) is 18.3 Å². The maximum absolute atomic E-state index is 4.70. The Balaban J connectivity index is 1.56. The lowest BCUT2D eigenvalue weighted by Gasteiger charge is -2.19. The molecule has 0 bridgehead atoms. The van der Waals surface area contributed by atoms with Gasteiger partial charge in [-0.2, -0.15) is 4.57 Å². The van der Waals surface area contributed by atoms with Crippen LogP contribution in [0.25, 0.3) is 56.0 Å². The molecule has 0 radical (unpaired) electrons. The number of hydrogen-bond acceptors (Lipinski definition) is 1. The molecular formula is C40H35N4+. The molecule has 5 aromatic carbocycles. The largest absolute Gasteiger partial charge is 0.303 e. The fourth-order valence-electron chi connectivity index (χ4n) is 7.04. The maximum Gasteiger partial charge on any atom is 0.295 e. The fraction of sp³-hybridized carbons (Fsp3) is 0.150. The predicted molar refractivity (Wildman–Crippen MR) is 180 cm³/mol. The Morgan fingerprint density at radius 1 is 0.773 bits per heavy atom. The number of hydrogen-bond donors (Lipinski definition) is 0. The Kier molecular flexibility index (Phi) is 6.12. The van der Waals surface area contributed by atoms with Gasteiger partial charge < -0.3 is 4.57 Å². The highest BCUT2D eigenvalue weighted by atomic mass is 15.2. The van der Waals surface area contributed by atoms with E-state index in [1.54, 1.807) is 0 Å². The van der Waals surface area contributed by atoms with Gasteiger partial charge in [0.15, 0.2) is 11.0 Å². The molecule has 7 aromatic rings. The second-order valence-electron chi connectivity index (χ2n) is 12.2. The monoisotopic (exact) mass is 571 g/mol. The summed E-state index contributed by atoms with van der Waals surface area (Å²) in [6.45, 7) is 6.82. The van der Waals surface area contributed by atoms with Crippen molar-refractivity contribution in [3.8, 4) is 45.0 Å². The summed E-state index contributed by atoms with van der Waals surface area (Å²) in [6, 6.07) is 39.9. The van der Waals surface area contributed by atoms with E-state index < -0.39 is 0 Å². The van der Waals surface area contributed by atoms with Gasteiger partial charge in [-0.1, -0.05) is 92.7 Å². The Labute approximate surface area is 258 Å². The smallest absolute Gasteiger partial charge is 0.295 e. The molecule has 0 saturated heterocycles. The van der Waals surface area contributed by atoms with Gasteiger partial charge in [-0.15, -0.1) is 0 Å². The molecule has 0 saturated carbocycles. The van der Waals surface area contributed by atoms with Gasteiger partial charge >= 0.3 is 0 Å². The minimum absolute atomic E-state index is 0.382. The Hall–Kier alpha value is -5.22. The third kappa shape index (κ3) is 3.98. The summed E-state index contributed by atoms with van der Waals surface area (Å²) < 4.78 is 7.17. The van der Waals surface area contributed by atoms with Crippen molar-refractivity contribution in [2.75, 3.05) is 0 Å². The molecule has 8 rings (SSSR count). The van der Waals surface area contributed by atoms with Gasteiger partial charge in [-0.3, -0.25) is 0 Å². The molecule has 0 atom stereocenters. The summed E-state index contributed by atoms with van der Waals surface area (Å²) in [6.07, 6.45) is 4.80. The first-order chi connectivity index (χ1) is 21.5. The first-order valence-electron chi connectivity index (χ1n) is 15.5. The molecule has 3 heterocycles. The van der Waals surface area contributed by atoms with Crippen molar-refractivity contribution in [3.05, 3.63) is 144 Å². The van der Waals surface area contributed by atoms with E-state index in [0.29, 0.717) is 5.92 Å². The summed E-state index contributed by atoms with van der Waals surface area (Å²) in [4.78, 5) is 4.70. The zero-order chi connectivity index (χ0) is 29.9. The van der Waals surface area contributed by atoms with Gasteiger partial charge in [0.25, 0.3) is 5.82 Å². The Morgan fingerprint density at radius 3 is 2.07 bits per heavy atom. The third-order valence-electron chi connectivity index (χ3n) is 9.24.